The van der Waals surface area contributed by atoms with Crippen LogP contribution in [0.1, 0.15) is 23.0 Å². The number of ether oxygens (including phenoxy) is 2. The summed E-state index contributed by atoms with van der Waals surface area (Å²) in [5.74, 6) is -0.570. The Labute approximate surface area is 203 Å². The average molecular weight is 544 g/mol. The molecule has 1 aliphatic rings. The van der Waals surface area contributed by atoms with Crippen molar-refractivity contribution in [2.24, 2.45) is 0 Å². The molecule has 1 fully saturated rings. The van der Waals surface area contributed by atoms with Gasteiger partial charge in [-0.1, -0.05) is 12.1 Å². The molecule has 0 saturated carbocycles. The van der Waals surface area contributed by atoms with E-state index in [4.69, 9.17) is 29.5 Å². The first-order chi connectivity index (χ1) is 17.0. The molecule has 0 bridgehead atoms. The van der Waals surface area contributed by atoms with Crippen molar-refractivity contribution in [1.29, 1.82) is 0 Å². The van der Waals surface area contributed by atoms with Gasteiger partial charge >= 0.3 is 21.6 Å². The maximum atomic E-state index is 12.9. The standard InChI is InChI=1S/C18H22N6O10P2/c1-20-11-5-3-2-4-10(11)18(25)33-12-6-14(24-9-23-15-16(19)21-8-22-17(15)24)32-13(12)7-31-36(29,30)34-35(26,27)28/h2-5,8-9,12-14,20H,6-7H2,1H3,(H,29,30)(H2,19,21,22)(H2,26,27,28)/t12-,13+,14-/m1/s1. The number of nitrogens with one attached hydrogen (secondary N) is 1. The van der Waals surface area contributed by atoms with Gasteiger partial charge in [0.25, 0.3) is 0 Å². The number of rotatable bonds is 9. The number of carbonyl (C=O) groups excluding carboxylic acids is 1. The zero-order valence-corrected chi connectivity index (χ0v) is 20.4. The SMILES string of the molecule is CNc1ccccc1C(=O)O[C@@H]1C[C@H](n2cnc3c(N)ncnc32)O[C@H]1COP(=O)(O)OP(=O)(O)O. The van der Waals surface area contributed by atoms with Crippen LogP contribution < -0.4 is 11.1 Å². The first kappa shape index (κ1) is 26.1. The molecule has 0 aliphatic carbocycles. The molecule has 18 heteroatoms. The van der Waals surface area contributed by atoms with Gasteiger partial charge in [-0.05, 0) is 12.1 Å². The minimum absolute atomic E-state index is 0.0476. The van der Waals surface area contributed by atoms with Crippen LogP contribution in [0.2, 0.25) is 0 Å². The smallest absolute Gasteiger partial charge is 0.456 e. The lowest BCUT2D eigenvalue weighted by atomic mass is 10.1. The number of esters is 1. The first-order valence-electron chi connectivity index (χ1n) is 10.3. The maximum absolute atomic E-state index is 12.9. The van der Waals surface area contributed by atoms with Gasteiger partial charge in [0, 0.05) is 19.2 Å². The van der Waals surface area contributed by atoms with Crippen molar-refractivity contribution in [3.8, 4) is 0 Å². The summed E-state index contributed by atoms with van der Waals surface area (Å²) >= 11 is 0. The van der Waals surface area contributed by atoms with E-state index in [0.717, 1.165) is 0 Å². The number of nitrogen functional groups attached to an aromatic ring is 1. The van der Waals surface area contributed by atoms with Gasteiger partial charge in [-0.3, -0.25) is 9.09 Å². The van der Waals surface area contributed by atoms with Crippen molar-refractivity contribution in [2.45, 2.75) is 24.9 Å². The molecule has 16 nitrogen and oxygen atoms in total. The van der Waals surface area contributed by atoms with Gasteiger partial charge in [0.15, 0.2) is 11.5 Å². The zero-order chi connectivity index (χ0) is 26.1. The Morgan fingerprint density at radius 2 is 2.00 bits per heavy atom. The fraction of sp³-hybridized carbons (Fsp3) is 0.333. The van der Waals surface area contributed by atoms with Crippen molar-refractivity contribution in [3.05, 3.63) is 42.5 Å². The molecular formula is C18H22N6O10P2. The van der Waals surface area contributed by atoms with Crippen LogP contribution in [-0.2, 0) is 27.4 Å². The number of carbonyl (C=O) groups is 1. The zero-order valence-electron chi connectivity index (χ0n) is 18.6. The molecular weight excluding hydrogens is 522 g/mol. The average Bonchev–Trinajstić information content (AvgIpc) is 3.41. The third-order valence-corrected chi connectivity index (χ3v) is 7.32. The van der Waals surface area contributed by atoms with Gasteiger partial charge in [0.05, 0.1) is 18.5 Å². The summed E-state index contributed by atoms with van der Waals surface area (Å²) in [5.41, 5.74) is 7.21. The van der Waals surface area contributed by atoms with Crippen LogP contribution in [0.5, 0.6) is 0 Å². The molecule has 4 atom stereocenters. The summed E-state index contributed by atoms with van der Waals surface area (Å²) < 4.78 is 44.5. The van der Waals surface area contributed by atoms with Crippen LogP contribution in [0, 0.1) is 0 Å². The number of aromatic nitrogens is 4. The molecule has 1 unspecified atom stereocenters. The van der Waals surface area contributed by atoms with Gasteiger partial charge in [-0.2, -0.15) is 4.31 Å². The quantitative estimate of drug-likeness (QED) is 0.188. The molecule has 3 aromatic rings. The molecule has 1 aliphatic heterocycles. The second-order valence-electron chi connectivity index (χ2n) is 7.52. The van der Waals surface area contributed by atoms with Crippen molar-refractivity contribution < 1.29 is 46.9 Å². The van der Waals surface area contributed by atoms with Crippen molar-refractivity contribution in [3.63, 3.8) is 0 Å². The normalized spacial score (nSPS) is 21.8. The van der Waals surface area contributed by atoms with Crippen LogP contribution in [0.4, 0.5) is 11.5 Å². The highest BCUT2D eigenvalue weighted by Crippen LogP contribution is 2.57. The molecule has 4 rings (SSSR count). The summed E-state index contributed by atoms with van der Waals surface area (Å²) in [6.07, 6.45) is -0.300. The van der Waals surface area contributed by atoms with Crippen molar-refractivity contribution >= 4 is 44.3 Å². The summed E-state index contributed by atoms with van der Waals surface area (Å²) in [6, 6.07) is 6.60. The second-order valence-corrected chi connectivity index (χ2v) is 10.4. The molecule has 2 aromatic heterocycles. The number of imidazole rings is 1. The Balaban J connectivity index is 1.58. The summed E-state index contributed by atoms with van der Waals surface area (Å²) in [5, 5.41) is 2.88. The fourth-order valence-electron chi connectivity index (χ4n) is 3.63. The number of hydrogen-bond donors (Lipinski definition) is 5. The van der Waals surface area contributed by atoms with Crippen LogP contribution in [0.3, 0.4) is 0 Å². The molecule has 0 radical (unpaired) electrons. The van der Waals surface area contributed by atoms with Crippen LogP contribution >= 0.6 is 15.6 Å². The largest absolute Gasteiger partial charge is 0.481 e. The van der Waals surface area contributed by atoms with Gasteiger partial charge in [0.2, 0.25) is 0 Å². The highest BCUT2D eigenvalue weighted by Gasteiger charge is 2.42. The van der Waals surface area contributed by atoms with E-state index in [1.165, 1.54) is 17.2 Å². The number of nitrogens with two attached hydrogens (primary N) is 1. The van der Waals surface area contributed by atoms with E-state index in [1.54, 1.807) is 31.3 Å². The Morgan fingerprint density at radius 1 is 1.25 bits per heavy atom. The Morgan fingerprint density at radius 3 is 2.72 bits per heavy atom. The minimum atomic E-state index is -5.33. The lowest BCUT2D eigenvalue weighted by molar-refractivity contribution is -0.0490. The van der Waals surface area contributed by atoms with E-state index < -0.39 is 46.7 Å². The van der Waals surface area contributed by atoms with Gasteiger partial charge in [-0.25, -0.2) is 28.9 Å². The number of nitrogens with zero attached hydrogens (tertiary/aromatic N) is 4. The van der Waals surface area contributed by atoms with Crippen molar-refractivity contribution in [2.75, 3.05) is 24.7 Å². The topological polar surface area (TPSA) is 230 Å². The van der Waals surface area contributed by atoms with Crippen LogP contribution in [0.25, 0.3) is 11.2 Å². The Kier molecular flexibility index (Phi) is 7.41. The highest BCUT2D eigenvalue weighted by atomic mass is 31.3. The maximum Gasteiger partial charge on any atom is 0.481 e. The number of phosphoric acid groups is 2. The van der Waals surface area contributed by atoms with Gasteiger partial charge in [-0.15, -0.1) is 0 Å². The molecule has 194 valence electrons. The number of hydrogen-bond acceptors (Lipinski definition) is 12. The predicted octanol–water partition coefficient (Wildman–Crippen LogP) is 1.19. The number of anilines is 2. The predicted molar refractivity (Wildman–Crippen MR) is 122 cm³/mol. The number of benzene rings is 1. The molecule has 1 aromatic carbocycles. The Bertz CT molecular complexity index is 1360. The fourth-order valence-corrected chi connectivity index (χ4v) is 5.23. The van der Waals surface area contributed by atoms with E-state index in [9.17, 15) is 18.8 Å². The van der Waals surface area contributed by atoms with Gasteiger partial charge in [0.1, 0.15) is 30.3 Å². The van der Waals surface area contributed by atoms with Gasteiger partial charge < -0.3 is 35.2 Å². The van der Waals surface area contributed by atoms with Crippen LogP contribution in [-0.4, -0.2) is 66.0 Å². The summed E-state index contributed by atoms with van der Waals surface area (Å²) in [4.78, 5) is 52.4. The highest BCUT2D eigenvalue weighted by molar-refractivity contribution is 7.60. The molecule has 0 spiro atoms. The van der Waals surface area contributed by atoms with E-state index in [1.807, 2.05) is 0 Å². The minimum Gasteiger partial charge on any atom is -0.456 e. The summed E-state index contributed by atoms with van der Waals surface area (Å²) in [6.45, 7) is -0.709. The number of fused-ring (bicyclic) bond motifs is 1. The lowest BCUT2D eigenvalue weighted by Crippen LogP contribution is -2.31. The van der Waals surface area contributed by atoms with E-state index in [2.05, 4.69) is 24.6 Å². The molecule has 6 N–H and O–H groups in total. The molecule has 3 heterocycles. The molecule has 1 saturated heterocycles. The number of phosphoric ester groups is 1. The lowest BCUT2D eigenvalue weighted by Gasteiger charge is -2.20. The molecule has 36 heavy (non-hydrogen) atoms. The Hall–Kier alpha value is -2.94. The third kappa shape index (κ3) is 5.88. The third-order valence-electron chi connectivity index (χ3n) is 5.16. The van der Waals surface area contributed by atoms with E-state index in [0.29, 0.717) is 16.9 Å². The number of para-hydroxylation sites is 1. The van der Waals surface area contributed by atoms with E-state index >= 15 is 0 Å². The second kappa shape index (κ2) is 10.2. The first-order valence-corrected chi connectivity index (χ1v) is 13.3. The molecule has 0 amide bonds. The van der Waals surface area contributed by atoms with Crippen LogP contribution in [0.15, 0.2) is 36.9 Å². The summed E-state index contributed by atoms with van der Waals surface area (Å²) in [7, 11) is -8.87. The van der Waals surface area contributed by atoms with Crippen molar-refractivity contribution in [1.82, 2.24) is 19.5 Å². The van der Waals surface area contributed by atoms with E-state index in [-0.39, 0.29) is 17.8 Å². The monoisotopic (exact) mass is 544 g/mol.